The number of pyridine rings is 1. The highest BCUT2D eigenvalue weighted by molar-refractivity contribution is 6.28. The van der Waals surface area contributed by atoms with Crippen LogP contribution in [0.1, 0.15) is 5.69 Å². The van der Waals surface area contributed by atoms with E-state index in [1.165, 1.54) is 0 Å². The zero-order valence-corrected chi connectivity index (χ0v) is 5.76. The standard InChI is InChI=1S/C6H7ClNO/c1-5-3-2-4-6(7)8(5)9/h2-4,9H,1H3/q+1. The van der Waals surface area contributed by atoms with Crippen LogP contribution in [0, 0.1) is 6.92 Å². The number of hydrogen-bond donors (Lipinski definition) is 1. The quantitative estimate of drug-likeness (QED) is 0.330. The Morgan fingerprint density at radius 2 is 2.22 bits per heavy atom. The molecule has 0 amide bonds. The molecule has 1 aromatic heterocycles. The second-order valence-electron chi connectivity index (χ2n) is 1.80. The van der Waals surface area contributed by atoms with Crippen molar-refractivity contribution < 1.29 is 9.94 Å². The van der Waals surface area contributed by atoms with Crippen molar-refractivity contribution in [2.45, 2.75) is 6.92 Å². The summed E-state index contributed by atoms with van der Waals surface area (Å²) in [7, 11) is 0. The van der Waals surface area contributed by atoms with Crippen LogP contribution in [0.4, 0.5) is 0 Å². The predicted molar refractivity (Wildman–Crippen MR) is 33.6 cm³/mol. The number of nitrogens with zero attached hydrogens (tertiary/aromatic N) is 1. The Kier molecular flexibility index (Phi) is 1.58. The molecule has 0 saturated carbocycles. The summed E-state index contributed by atoms with van der Waals surface area (Å²) in [5.74, 6) is 0. The van der Waals surface area contributed by atoms with Gasteiger partial charge in [-0.3, -0.25) is 5.21 Å². The fourth-order valence-corrected chi connectivity index (χ4v) is 0.782. The summed E-state index contributed by atoms with van der Waals surface area (Å²) in [4.78, 5) is 0. The van der Waals surface area contributed by atoms with Crippen molar-refractivity contribution in [3.8, 4) is 0 Å². The summed E-state index contributed by atoms with van der Waals surface area (Å²) >= 11 is 5.53. The van der Waals surface area contributed by atoms with E-state index >= 15 is 0 Å². The van der Waals surface area contributed by atoms with E-state index in [9.17, 15) is 0 Å². The van der Waals surface area contributed by atoms with Crippen LogP contribution in [0.5, 0.6) is 0 Å². The SMILES string of the molecule is Cc1cccc(Cl)[n+]1O. The van der Waals surface area contributed by atoms with Gasteiger partial charge in [-0.15, -0.1) is 0 Å². The van der Waals surface area contributed by atoms with Crippen molar-refractivity contribution in [2.75, 3.05) is 0 Å². The maximum Gasteiger partial charge on any atom is 0.325 e. The largest absolute Gasteiger partial charge is 0.325 e. The van der Waals surface area contributed by atoms with Crippen LogP contribution in [0.15, 0.2) is 18.2 Å². The van der Waals surface area contributed by atoms with Crippen LogP contribution in [0.3, 0.4) is 0 Å². The third-order valence-corrected chi connectivity index (χ3v) is 1.39. The van der Waals surface area contributed by atoms with Gasteiger partial charge in [0.25, 0.3) is 0 Å². The zero-order valence-electron chi connectivity index (χ0n) is 5.00. The lowest BCUT2D eigenvalue weighted by atomic mass is 10.4. The molecule has 1 heterocycles. The molecular weight excluding hydrogens is 138 g/mol. The van der Waals surface area contributed by atoms with Gasteiger partial charge in [-0.2, -0.15) is 0 Å². The first-order valence-corrected chi connectivity index (χ1v) is 2.96. The Balaban J connectivity index is 3.25. The maximum atomic E-state index is 8.99. The van der Waals surface area contributed by atoms with Crippen LogP contribution in [-0.2, 0) is 0 Å². The number of aromatic nitrogens is 1. The van der Waals surface area contributed by atoms with Gasteiger partial charge in [-0.05, 0) is 17.7 Å². The average molecular weight is 145 g/mol. The molecule has 0 atom stereocenters. The highest BCUT2D eigenvalue weighted by Crippen LogP contribution is 1.99. The smallest absolute Gasteiger partial charge is 0.283 e. The maximum absolute atomic E-state index is 8.99. The summed E-state index contributed by atoms with van der Waals surface area (Å²) in [6.07, 6.45) is 0. The molecule has 0 fully saturated rings. The number of hydrogen-bond acceptors (Lipinski definition) is 1. The Morgan fingerprint density at radius 3 is 2.67 bits per heavy atom. The first-order valence-electron chi connectivity index (χ1n) is 2.58. The van der Waals surface area contributed by atoms with Gasteiger partial charge < -0.3 is 0 Å². The van der Waals surface area contributed by atoms with Gasteiger partial charge in [0.2, 0.25) is 5.69 Å². The highest BCUT2D eigenvalue weighted by Gasteiger charge is 2.07. The fourth-order valence-electron chi connectivity index (χ4n) is 0.576. The monoisotopic (exact) mass is 144 g/mol. The van der Waals surface area contributed by atoms with Crippen molar-refractivity contribution >= 4 is 11.6 Å². The molecule has 0 aromatic carbocycles. The van der Waals surface area contributed by atoms with Gasteiger partial charge in [0.05, 0.1) is 0 Å². The van der Waals surface area contributed by atoms with Crippen LogP contribution in [-0.4, -0.2) is 5.21 Å². The molecule has 0 radical (unpaired) electrons. The van der Waals surface area contributed by atoms with E-state index < -0.39 is 0 Å². The summed E-state index contributed by atoms with van der Waals surface area (Å²) in [6, 6.07) is 5.17. The van der Waals surface area contributed by atoms with E-state index in [0.29, 0.717) is 5.15 Å². The minimum Gasteiger partial charge on any atom is -0.283 e. The van der Waals surface area contributed by atoms with Gasteiger partial charge in [0, 0.05) is 23.8 Å². The predicted octanol–water partition coefficient (Wildman–Crippen LogP) is 1.17. The lowest BCUT2D eigenvalue weighted by Gasteiger charge is -1.87. The first-order chi connectivity index (χ1) is 4.22. The van der Waals surface area contributed by atoms with Crippen molar-refractivity contribution in [2.24, 2.45) is 0 Å². The van der Waals surface area contributed by atoms with Gasteiger partial charge in [0.1, 0.15) is 0 Å². The van der Waals surface area contributed by atoms with Crippen molar-refractivity contribution in [1.29, 1.82) is 0 Å². The molecule has 48 valence electrons. The van der Waals surface area contributed by atoms with E-state index in [-0.39, 0.29) is 0 Å². The topological polar surface area (TPSA) is 24.1 Å². The zero-order chi connectivity index (χ0) is 6.85. The van der Waals surface area contributed by atoms with Gasteiger partial charge in [-0.25, -0.2) is 0 Å². The molecule has 0 aliphatic heterocycles. The summed E-state index contributed by atoms with van der Waals surface area (Å²) in [6.45, 7) is 1.77. The molecule has 0 unspecified atom stereocenters. The third-order valence-electron chi connectivity index (χ3n) is 1.11. The van der Waals surface area contributed by atoms with E-state index in [1.54, 1.807) is 25.1 Å². The van der Waals surface area contributed by atoms with Gasteiger partial charge >= 0.3 is 5.15 Å². The molecular formula is C6H7ClNO+. The van der Waals surface area contributed by atoms with E-state index in [1.807, 2.05) is 0 Å². The molecule has 9 heavy (non-hydrogen) atoms. The minimum absolute atomic E-state index is 0.329. The lowest BCUT2D eigenvalue weighted by molar-refractivity contribution is -0.907. The van der Waals surface area contributed by atoms with Crippen molar-refractivity contribution in [3.63, 3.8) is 0 Å². The average Bonchev–Trinajstić information content (AvgIpc) is 1.83. The molecule has 0 aliphatic carbocycles. The van der Waals surface area contributed by atoms with Crippen molar-refractivity contribution in [3.05, 3.63) is 29.0 Å². The summed E-state index contributed by atoms with van der Waals surface area (Å²) < 4.78 is 0.932. The highest BCUT2D eigenvalue weighted by atomic mass is 35.5. The molecule has 0 aliphatic rings. The Morgan fingerprint density at radius 1 is 1.56 bits per heavy atom. The van der Waals surface area contributed by atoms with Gasteiger partial charge in [0.15, 0.2) is 0 Å². The van der Waals surface area contributed by atoms with Crippen LogP contribution < -0.4 is 4.73 Å². The molecule has 0 saturated heterocycles. The van der Waals surface area contributed by atoms with Crippen LogP contribution in [0.2, 0.25) is 5.15 Å². The second-order valence-corrected chi connectivity index (χ2v) is 2.19. The molecule has 1 aromatic rings. The Hall–Kier alpha value is -0.760. The normalized spacial score (nSPS) is 9.56. The van der Waals surface area contributed by atoms with Gasteiger partial charge in [-0.1, -0.05) is 0 Å². The van der Waals surface area contributed by atoms with Crippen LogP contribution >= 0.6 is 11.6 Å². The van der Waals surface area contributed by atoms with E-state index in [0.717, 1.165) is 10.4 Å². The lowest BCUT2D eigenvalue weighted by Crippen LogP contribution is -2.34. The fraction of sp³-hybridized carbons (Fsp3) is 0.167. The summed E-state index contributed by atoms with van der Waals surface area (Å²) in [5, 5.41) is 9.32. The molecule has 0 bridgehead atoms. The van der Waals surface area contributed by atoms with Crippen molar-refractivity contribution in [1.82, 2.24) is 0 Å². The molecule has 1 rings (SSSR count). The number of aryl methyl sites for hydroxylation is 1. The second kappa shape index (κ2) is 2.23. The first kappa shape index (κ1) is 6.36. The number of rotatable bonds is 0. The number of halogens is 1. The molecule has 2 nitrogen and oxygen atoms in total. The summed E-state index contributed by atoms with van der Waals surface area (Å²) in [5.41, 5.74) is 0.725. The molecule has 1 N–H and O–H groups in total. The minimum atomic E-state index is 0.329. The molecule has 0 spiro atoms. The Labute approximate surface area is 58.3 Å². The van der Waals surface area contributed by atoms with Crippen LogP contribution in [0.25, 0.3) is 0 Å². The third kappa shape index (κ3) is 1.13. The molecule has 3 heteroatoms. The Bertz CT molecular complexity index is 204. The van der Waals surface area contributed by atoms with E-state index in [2.05, 4.69) is 0 Å². The van der Waals surface area contributed by atoms with E-state index in [4.69, 9.17) is 16.8 Å².